The van der Waals surface area contributed by atoms with Crippen LogP contribution >= 0.6 is 0 Å². The van der Waals surface area contributed by atoms with Gasteiger partial charge < -0.3 is 10.1 Å². The van der Waals surface area contributed by atoms with Crippen LogP contribution in [0.2, 0.25) is 0 Å². The highest BCUT2D eigenvalue weighted by molar-refractivity contribution is 5.81. The van der Waals surface area contributed by atoms with Crippen LogP contribution in [0.1, 0.15) is 31.9 Å². The molecule has 0 aliphatic carbocycles. The topological polar surface area (TPSA) is 38.3 Å². The Bertz CT molecular complexity index is 598. The molecular formula is C19H23NO2. The number of carbonyl (C=O) groups excluding carboxylic acids is 1. The summed E-state index contributed by atoms with van der Waals surface area (Å²) in [6.45, 7) is 6.82. The SMILES string of the molecule is CC(C)(C)C(=O)NCc1ccc(COc2ccccc2)cc1. The van der Waals surface area contributed by atoms with Gasteiger partial charge in [-0.2, -0.15) is 0 Å². The summed E-state index contributed by atoms with van der Waals surface area (Å²) in [6.07, 6.45) is 0. The summed E-state index contributed by atoms with van der Waals surface area (Å²) in [6, 6.07) is 17.9. The second kappa shape index (κ2) is 7.12. The third kappa shape index (κ3) is 4.92. The summed E-state index contributed by atoms with van der Waals surface area (Å²) < 4.78 is 5.71. The molecule has 0 unspecified atom stereocenters. The number of carbonyl (C=O) groups is 1. The second-order valence-corrected chi connectivity index (χ2v) is 6.35. The molecule has 0 saturated heterocycles. The van der Waals surface area contributed by atoms with E-state index in [1.165, 1.54) is 0 Å². The molecule has 1 amide bonds. The maximum atomic E-state index is 11.8. The Morgan fingerprint density at radius 3 is 2.14 bits per heavy atom. The zero-order valence-corrected chi connectivity index (χ0v) is 13.4. The zero-order valence-electron chi connectivity index (χ0n) is 13.4. The molecular weight excluding hydrogens is 274 g/mol. The van der Waals surface area contributed by atoms with Gasteiger partial charge in [-0.3, -0.25) is 4.79 Å². The summed E-state index contributed by atoms with van der Waals surface area (Å²) in [4.78, 5) is 11.8. The van der Waals surface area contributed by atoms with Crippen molar-refractivity contribution >= 4 is 5.91 Å². The van der Waals surface area contributed by atoms with Gasteiger partial charge in [0.1, 0.15) is 12.4 Å². The number of hydrogen-bond donors (Lipinski definition) is 1. The van der Waals surface area contributed by atoms with E-state index in [0.29, 0.717) is 13.2 Å². The molecule has 0 aliphatic rings. The number of nitrogens with one attached hydrogen (secondary N) is 1. The summed E-state index contributed by atoms with van der Waals surface area (Å²) in [7, 11) is 0. The van der Waals surface area contributed by atoms with E-state index < -0.39 is 0 Å². The number of amides is 1. The summed E-state index contributed by atoms with van der Waals surface area (Å²) in [5, 5.41) is 2.95. The van der Waals surface area contributed by atoms with E-state index in [1.807, 2.05) is 75.4 Å². The van der Waals surface area contributed by atoms with E-state index in [2.05, 4.69) is 5.32 Å². The van der Waals surface area contributed by atoms with Crippen molar-refractivity contribution in [2.24, 2.45) is 5.41 Å². The molecule has 0 atom stereocenters. The fourth-order valence-electron chi connectivity index (χ4n) is 1.88. The zero-order chi connectivity index (χ0) is 16.0. The van der Waals surface area contributed by atoms with Crippen LogP contribution in [0.3, 0.4) is 0 Å². The molecule has 22 heavy (non-hydrogen) atoms. The van der Waals surface area contributed by atoms with Gasteiger partial charge in [0.05, 0.1) is 0 Å². The van der Waals surface area contributed by atoms with Crippen molar-refractivity contribution in [3.05, 3.63) is 65.7 Å². The van der Waals surface area contributed by atoms with E-state index in [4.69, 9.17) is 4.74 Å². The Kier molecular flexibility index (Phi) is 5.21. The van der Waals surface area contributed by atoms with Crippen LogP contribution in [-0.2, 0) is 17.9 Å². The van der Waals surface area contributed by atoms with Crippen molar-refractivity contribution in [2.75, 3.05) is 0 Å². The Labute approximate surface area is 132 Å². The van der Waals surface area contributed by atoms with E-state index in [-0.39, 0.29) is 11.3 Å². The van der Waals surface area contributed by atoms with Crippen LogP contribution in [0.15, 0.2) is 54.6 Å². The first-order valence-corrected chi connectivity index (χ1v) is 7.49. The van der Waals surface area contributed by atoms with Gasteiger partial charge in [-0.15, -0.1) is 0 Å². The molecule has 0 heterocycles. The predicted molar refractivity (Wildman–Crippen MR) is 88.5 cm³/mol. The predicted octanol–water partition coefficient (Wildman–Crippen LogP) is 3.93. The van der Waals surface area contributed by atoms with Crippen molar-refractivity contribution < 1.29 is 9.53 Å². The van der Waals surface area contributed by atoms with Crippen LogP contribution in [0, 0.1) is 5.41 Å². The molecule has 3 nitrogen and oxygen atoms in total. The molecule has 0 aromatic heterocycles. The van der Waals surface area contributed by atoms with Gasteiger partial charge in [0.25, 0.3) is 0 Å². The summed E-state index contributed by atoms with van der Waals surface area (Å²) in [5.41, 5.74) is 1.83. The second-order valence-electron chi connectivity index (χ2n) is 6.35. The average molecular weight is 297 g/mol. The number of hydrogen-bond acceptors (Lipinski definition) is 2. The molecule has 2 aromatic carbocycles. The number of rotatable bonds is 5. The van der Waals surface area contributed by atoms with Crippen molar-refractivity contribution in [2.45, 2.75) is 33.9 Å². The normalized spacial score (nSPS) is 11.0. The average Bonchev–Trinajstić information content (AvgIpc) is 2.51. The minimum Gasteiger partial charge on any atom is -0.489 e. The van der Waals surface area contributed by atoms with Gasteiger partial charge in [-0.1, -0.05) is 63.2 Å². The van der Waals surface area contributed by atoms with Crippen LogP contribution in [0.25, 0.3) is 0 Å². The van der Waals surface area contributed by atoms with Crippen LogP contribution in [-0.4, -0.2) is 5.91 Å². The Morgan fingerprint density at radius 1 is 0.955 bits per heavy atom. The third-order valence-corrected chi connectivity index (χ3v) is 3.31. The lowest BCUT2D eigenvalue weighted by Gasteiger charge is -2.17. The molecule has 0 radical (unpaired) electrons. The highest BCUT2D eigenvalue weighted by Crippen LogP contribution is 2.14. The van der Waals surface area contributed by atoms with Crippen molar-refractivity contribution in [3.63, 3.8) is 0 Å². The largest absolute Gasteiger partial charge is 0.489 e. The van der Waals surface area contributed by atoms with E-state index in [0.717, 1.165) is 16.9 Å². The molecule has 0 saturated carbocycles. The third-order valence-electron chi connectivity index (χ3n) is 3.31. The lowest BCUT2D eigenvalue weighted by molar-refractivity contribution is -0.128. The molecule has 2 aromatic rings. The molecule has 0 spiro atoms. The van der Waals surface area contributed by atoms with E-state index in [9.17, 15) is 4.79 Å². The minimum absolute atomic E-state index is 0.0592. The molecule has 0 aliphatic heterocycles. The fraction of sp³-hybridized carbons (Fsp3) is 0.316. The fourth-order valence-corrected chi connectivity index (χ4v) is 1.88. The maximum absolute atomic E-state index is 11.8. The van der Waals surface area contributed by atoms with E-state index >= 15 is 0 Å². The van der Waals surface area contributed by atoms with Crippen molar-refractivity contribution in [3.8, 4) is 5.75 Å². The lowest BCUT2D eigenvalue weighted by atomic mass is 9.95. The first-order valence-electron chi connectivity index (χ1n) is 7.49. The van der Waals surface area contributed by atoms with Gasteiger partial charge in [-0.05, 0) is 23.3 Å². The quantitative estimate of drug-likeness (QED) is 0.908. The first-order chi connectivity index (χ1) is 10.4. The standard InChI is InChI=1S/C19H23NO2/c1-19(2,3)18(21)20-13-15-9-11-16(12-10-15)14-22-17-7-5-4-6-8-17/h4-12H,13-14H2,1-3H3,(H,20,21). The minimum atomic E-state index is -0.358. The maximum Gasteiger partial charge on any atom is 0.225 e. The van der Waals surface area contributed by atoms with Gasteiger partial charge in [-0.25, -0.2) is 0 Å². The van der Waals surface area contributed by atoms with E-state index in [1.54, 1.807) is 0 Å². The molecule has 0 fully saturated rings. The van der Waals surface area contributed by atoms with Gasteiger partial charge >= 0.3 is 0 Å². The number of para-hydroxylation sites is 1. The molecule has 1 N–H and O–H groups in total. The van der Waals surface area contributed by atoms with Gasteiger partial charge in [0, 0.05) is 12.0 Å². The van der Waals surface area contributed by atoms with Gasteiger partial charge in [0.2, 0.25) is 5.91 Å². The summed E-state index contributed by atoms with van der Waals surface area (Å²) >= 11 is 0. The Hall–Kier alpha value is -2.29. The Morgan fingerprint density at radius 2 is 1.55 bits per heavy atom. The van der Waals surface area contributed by atoms with Crippen molar-refractivity contribution in [1.82, 2.24) is 5.32 Å². The van der Waals surface area contributed by atoms with Crippen LogP contribution in [0.4, 0.5) is 0 Å². The number of ether oxygens (including phenoxy) is 1. The molecule has 0 bridgehead atoms. The number of benzene rings is 2. The smallest absolute Gasteiger partial charge is 0.225 e. The highest BCUT2D eigenvalue weighted by atomic mass is 16.5. The Balaban J connectivity index is 1.84. The highest BCUT2D eigenvalue weighted by Gasteiger charge is 2.20. The monoisotopic (exact) mass is 297 g/mol. The van der Waals surface area contributed by atoms with Gasteiger partial charge in [0.15, 0.2) is 0 Å². The lowest BCUT2D eigenvalue weighted by Crippen LogP contribution is -2.34. The van der Waals surface area contributed by atoms with Crippen LogP contribution < -0.4 is 10.1 Å². The summed E-state index contributed by atoms with van der Waals surface area (Å²) in [5.74, 6) is 0.924. The van der Waals surface area contributed by atoms with Crippen molar-refractivity contribution in [1.29, 1.82) is 0 Å². The van der Waals surface area contributed by atoms with Crippen LogP contribution in [0.5, 0.6) is 5.75 Å². The molecule has 116 valence electrons. The molecule has 3 heteroatoms. The first kappa shape index (κ1) is 16.1. The molecule has 2 rings (SSSR count).